The van der Waals surface area contributed by atoms with Gasteiger partial charge in [0.2, 0.25) is 0 Å². The number of anilines is 1. The minimum absolute atomic E-state index is 0.177. The van der Waals surface area contributed by atoms with Crippen molar-refractivity contribution in [1.82, 2.24) is 5.32 Å². The van der Waals surface area contributed by atoms with E-state index in [-0.39, 0.29) is 31.1 Å². The van der Waals surface area contributed by atoms with Crippen LogP contribution in [0.25, 0.3) is 0 Å². The van der Waals surface area contributed by atoms with E-state index in [1.54, 1.807) is 24.3 Å². The molecule has 2 unspecified atom stereocenters. The van der Waals surface area contributed by atoms with E-state index in [1.807, 2.05) is 11.0 Å². The van der Waals surface area contributed by atoms with Crippen molar-refractivity contribution in [2.24, 2.45) is 5.92 Å². The highest BCUT2D eigenvalue weighted by atomic mass is 19.4. The Morgan fingerprint density at radius 2 is 1.72 bits per heavy atom. The van der Waals surface area contributed by atoms with E-state index in [0.717, 1.165) is 12.1 Å². The van der Waals surface area contributed by atoms with Crippen molar-refractivity contribution in [3.8, 4) is 0 Å². The minimum Gasteiger partial charge on any atom is -0.385 e. The van der Waals surface area contributed by atoms with Gasteiger partial charge in [0, 0.05) is 30.3 Å². The molecule has 4 rings (SSSR count). The molecule has 2 aliphatic heterocycles. The summed E-state index contributed by atoms with van der Waals surface area (Å²) in [6.07, 6.45) is -4.39. The molecule has 0 aliphatic carbocycles. The van der Waals surface area contributed by atoms with Gasteiger partial charge in [0.05, 0.1) is 24.8 Å². The Balaban J connectivity index is 1.53. The summed E-state index contributed by atoms with van der Waals surface area (Å²) in [7, 11) is 0. The molecule has 0 spiro atoms. The van der Waals surface area contributed by atoms with Gasteiger partial charge in [-0.15, -0.1) is 0 Å². The number of alkyl halides is 3. The van der Waals surface area contributed by atoms with Crippen LogP contribution in [-0.4, -0.2) is 49.0 Å². The van der Waals surface area contributed by atoms with Crippen molar-refractivity contribution in [3.05, 3.63) is 65.7 Å². The first-order valence-corrected chi connectivity index (χ1v) is 9.34. The second kappa shape index (κ2) is 7.35. The fourth-order valence-corrected chi connectivity index (χ4v) is 3.93. The molecule has 5 nitrogen and oxygen atoms in total. The van der Waals surface area contributed by atoms with Crippen LogP contribution in [0.4, 0.5) is 18.9 Å². The monoisotopic (exact) mass is 406 g/mol. The van der Waals surface area contributed by atoms with Crippen molar-refractivity contribution in [3.63, 3.8) is 0 Å². The molecule has 2 saturated heterocycles. The summed E-state index contributed by atoms with van der Waals surface area (Å²) in [6, 6.07) is 13.3. The highest BCUT2D eigenvalue weighted by molar-refractivity contribution is 5.94. The zero-order chi connectivity index (χ0) is 20.6. The van der Waals surface area contributed by atoms with Gasteiger partial charge < -0.3 is 20.1 Å². The number of nitrogens with one attached hydrogen (secondary N) is 1. The van der Waals surface area contributed by atoms with Crippen LogP contribution >= 0.6 is 0 Å². The molecule has 0 bridgehead atoms. The van der Waals surface area contributed by atoms with Crippen molar-refractivity contribution in [2.75, 3.05) is 31.2 Å². The maximum Gasteiger partial charge on any atom is 0.416 e. The summed E-state index contributed by atoms with van der Waals surface area (Å²) < 4.78 is 43.7. The normalized spacial score (nSPS) is 23.5. The fraction of sp³-hybridized carbons (Fsp3) is 0.381. The molecule has 2 fully saturated rings. The first-order chi connectivity index (χ1) is 13.8. The lowest BCUT2D eigenvalue weighted by Crippen LogP contribution is -2.61. The van der Waals surface area contributed by atoms with E-state index in [0.29, 0.717) is 24.3 Å². The van der Waals surface area contributed by atoms with Crippen LogP contribution in [0.1, 0.15) is 15.9 Å². The quantitative estimate of drug-likeness (QED) is 0.820. The number of carbonyl (C=O) groups excluding carboxylic acids is 1. The Morgan fingerprint density at radius 1 is 1.07 bits per heavy atom. The van der Waals surface area contributed by atoms with E-state index >= 15 is 0 Å². The number of carbonyl (C=O) groups is 1. The highest BCUT2D eigenvalue weighted by Gasteiger charge is 2.51. The number of benzene rings is 2. The predicted molar refractivity (Wildman–Crippen MR) is 101 cm³/mol. The summed E-state index contributed by atoms with van der Waals surface area (Å²) in [5, 5.41) is 13.8. The fourth-order valence-electron chi connectivity index (χ4n) is 3.93. The molecule has 2 N–H and O–H groups in total. The molecule has 2 heterocycles. The Labute approximate surface area is 166 Å². The minimum atomic E-state index is -4.39. The van der Waals surface area contributed by atoms with Crippen LogP contribution in [0.3, 0.4) is 0 Å². The molecular weight excluding hydrogens is 385 g/mol. The zero-order valence-corrected chi connectivity index (χ0v) is 15.5. The summed E-state index contributed by atoms with van der Waals surface area (Å²) in [5.41, 5.74) is -0.647. The average Bonchev–Trinajstić information content (AvgIpc) is 3.10. The van der Waals surface area contributed by atoms with Crippen LogP contribution < -0.4 is 10.2 Å². The lowest BCUT2D eigenvalue weighted by Gasteiger charge is -2.43. The number of ether oxygens (including phenoxy) is 1. The molecule has 0 saturated carbocycles. The molecule has 2 aromatic carbocycles. The average molecular weight is 406 g/mol. The van der Waals surface area contributed by atoms with Gasteiger partial charge in [-0.1, -0.05) is 18.2 Å². The zero-order valence-electron chi connectivity index (χ0n) is 15.5. The Hall–Kier alpha value is -2.58. The lowest BCUT2D eigenvalue weighted by atomic mass is 9.82. The summed E-state index contributed by atoms with van der Waals surface area (Å²) in [4.78, 5) is 14.5. The largest absolute Gasteiger partial charge is 0.416 e. The standard InChI is InChI=1S/C21H21F3N2O3/c22-21(23,24)15-6-8-16(9-7-15)26-10-17(20(28)12-29-13-20)18(11-26)25-19(27)14-4-2-1-3-5-14/h1-9,17-18,28H,10-13H2,(H,25,27). The van der Waals surface area contributed by atoms with Gasteiger partial charge in [0.15, 0.2) is 0 Å². The Kier molecular flexibility index (Phi) is 5.00. The SMILES string of the molecule is O=C(NC1CN(c2ccc(C(F)(F)F)cc2)CC1C1(O)COC1)c1ccccc1. The van der Waals surface area contributed by atoms with Gasteiger partial charge in [-0.2, -0.15) is 13.2 Å². The number of aliphatic hydroxyl groups is 1. The second-order valence-electron chi connectivity index (χ2n) is 7.60. The molecule has 2 atom stereocenters. The number of hydrogen-bond acceptors (Lipinski definition) is 4. The highest BCUT2D eigenvalue weighted by Crippen LogP contribution is 2.37. The molecule has 154 valence electrons. The molecule has 2 aromatic rings. The molecule has 1 amide bonds. The van der Waals surface area contributed by atoms with Gasteiger partial charge in [0.25, 0.3) is 5.91 Å². The van der Waals surface area contributed by atoms with E-state index in [4.69, 9.17) is 4.74 Å². The van der Waals surface area contributed by atoms with E-state index in [9.17, 15) is 23.1 Å². The number of halogens is 3. The topological polar surface area (TPSA) is 61.8 Å². The van der Waals surface area contributed by atoms with Crippen LogP contribution in [0, 0.1) is 5.92 Å². The Morgan fingerprint density at radius 3 is 2.28 bits per heavy atom. The maximum absolute atomic E-state index is 12.8. The first kappa shape index (κ1) is 19.7. The van der Waals surface area contributed by atoms with Crippen molar-refractivity contribution >= 4 is 11.6 Å². The number of amides is 1. The lowest BCUT2D eigenvalue weighted by molar-refractivity contribution is -0.206. The molecular formula is C21H21F3N2O3. The van der Waals surface area contributed by atoms with Crippen LogP contribution in [-0.2, 0) is 10.9 Å². The van der Waals surface area contributed by atoms with Gasteiger partial charge in [-0.25, -0.2) is 0 Å². The number of nitrogens with zero attached hydrogens (tertiary/aromatic N) is 1. The van der Waals surface area contributed by atoms with E-state index < -0.39 is 17.3 Å². The number of hydrogen-bond donors (Lipinski definition) is 2. The van der Waals surface area contributed by atoms with Gasteiger partial charge >= 0.3 is 6.18 Å². The summed E-state index contributed by atoms with van der Waals surface area (Å²) in [5.74, 6) is -0.551. The third kappa shape index (κ3) is 3.95. The van der Waals surface area contributed by atoms with E-state index in [2.05, 4.69) is 5.32 Å². The smallest absolute Gasteiger partial charge is 0.385 e. The molecule has 2 aliphatic rings. The van der Waals surface area contributed by atoms with Crippen molar-refractivity contribution in [2.45, 2.75) is 17.8 Å². The first-order valence-electron chi connectivity index (χ1n) is 9.34. The molecule has 29 heavy (non-hydrogen) atoms. The summed E-state index contributed by atoms with van der Waals surface area (Å²) >= 11 is 0. The second-order valence-corrected chi connectivity index (χ2v) is 7.60. The molecule has 0 radical (unpaired) electrons. The van der Waals surface area contributed by atoms with Crippen molar-refractivity contribution < 1.29 is 27.8 Å². The Bertz CT molecular complexity index is 867. The van der Waals surface area contributed by atoms with Crippen LogP contribution in [0.15, 0.2) is 54.6 Å². The van der Waals surface area contributed by atoms with Crippen molar-refractivity contribution in [1.29, 1.82) is 0 Å². The third-order valence-electron chi connectivity index (χ3n) is 5.63. The third-order valence-corrected chi connectivity index (χ3v) is 5.63. The molecule has 0 aromatic heterocycles. The summed E-state index contributed by atoms with van der Waals surface area (Å²) in [6.45, 7) is 1.15. The molecule has 8 heteroatoms. The van der Waals surface area contributed by atoms with Gasteiger partial charge in [0.1, 0.15) is 5.60 Å². The van der Waals surface area contributed by atoms with Crippen LogP contribution in [0.2, 0.25) is 0 Å². The van der Waals surface area contributed by atoms with Gasteiger partial charge in [-0.3, -0.25) is 4.79 Å². The van der Waals surface area contributed by atoms with E-state index in [1.165, 1.54) is 12.1 Å². The van der Waals surface area contributed by atoms with Gasteiger partial charge in [-0.05, 0) is 36.4 Å². The number of rotatable bonds is 4. The van der Waals surface area contributed by atoms with Crippen LogP contribution in [0.5, 0.6) is 0 Å². The predicted octanol–water partition coefficient (Wildman–Crippen LogP) is 2.70. The maximum atomic E-state index is 12.8.